The van der Waals surface area contributed by atoms with E-state index >= 15 is 0 Å². The molecule has 0 aromatic heterocycles. The second kappa shape index (κ2) is 19.3. The van der Waals surface area contributed by atoms with Crippen LogP contribution in [0.15, 0.2) is 24.3 Å². The molecule has 0 saturated carbocycles. The molecule has 0 spiro atoms. The summed E-state index contributed by atoms with van der Waals surface area (Å²) in [6.45, 7) is 4.69. The fourth-order valence-corrected chi connectivity index (χ4v) is 3.45. The van der Waals surface area contributed by atoms with Crippen molar-refractivity contribution in [3.63, 3.8) is 0 Å². The lowest BCUT2D eigenvalue weighted by Gasteiger charge is -2.12. The zero-order chi connectivity index (χ0) is 24.2. The molecule has 1 aromatic carbocycles. The molecule has 5 N–H and O–H groups in total. The summed E-state index contributed by atoms with van der Waals surface area (Å²) in [5, 5.41) is 18.3. The predicted octanol–water partition coefficient (Wildman–Crippen LogP) is 2.61. The van der Waals surface area contributed by atoms with Crippen molar-refractivity contribution in [2.24, 2.45) is 0 Å². The van der Waals surface area contributed by atoms with Crippen LogP contribution in [0.4, 0.5) is 5.69 Å². The second-order valence-corrected chi connectivity index (χ2v) is 8.67. The first-order valence-corrected chi connectivity index (χ1v) is 12.4. The molecule has 33 heavy (non-hydrogen) atoms. The van der Waals surface area contributed by atoms with E-state index in [-0.39, 0.29) is 11.8 Å². The third-order valence-electron chi connectivity index (χ3n) is 5.54. The summed E-state index contributed by atoms with van der Waals surface area (Å²) in [6, 6.07) is 8.74. The van der Waals surface area contributed by atoms with Gasteiger partial charge in [0.2, 0.25) is 11.8 Å². The second-order valence-electron chi connectivity index (χ2n) is 8.67. The Hall–Kier alpha value is -2.16. The van der Waals surface area contributed by atoms with Crippen LogP contribution >= 0.6 is 0 Å². The van der Waals surface area contributed by atoms with Crippen LogP contribution in [0.2, 0.25) is 0 Å². The van der Waals surface area contributed by atoms with E-state index < -0.39 is 0 Å². The van der Waals surface area contributed by atoms with Gasteiger partial charge in [0, 0.05) is 39.2 Å². The minimum Gasteiger partial charge on any atom is -0.378 e. The largest absolute Gasteiger partial charge is 0.378 e. The number of nitrogens with zero attached hydrogens (tertiary/aromatic N) is 1. The number of hydrogen-bond donors (Lipinski definition) is 5. The third-order valence-corrected chi connectivity index (χ3v) is 5.54. The Kier molecular flexibility index (Phi) is 16.9. The molecule has 0 aliphatic rings. The Morgan fingerprint density at radius 1 is 0.727 bits per heavy atom. The van der Waals surface area contributed by atoms with Crippen LogP contribution in [-0.2, 0) is 16.0 Å². The third kappa shape index (κ3) is 16.2. The van der Waals surface area contributed by atoms with E-state index in [2.05, 4.69) is 59.2 Å². The van der Waals surface area contributed by atoms with E-state index in [1.807, 2.05) is 0 Å². The molecule has 0 bridgehead atoms. The summed E-state index contributed by atoms with van der Waals surface area (Å²) in [7, 11) is 4.12. The monoisotopic (exact) mass is 463 g/mol. The average Bonchev–Trinajstić information content (AvgIpc) is 2.82. The van der Waals surface area contributed by atoms with E-state index in [0.717, 1.165) is 77.5 Å². The van der Waals surface area contributed by atoms with Crippen LogP contribution in [0.5, 0.6) is 0 Å². The van der Waals surface area contributed by atoms with Crippen molar-refractivity contribution in [1.82, 2.24) is 21.4 Å². The molecule has 1 rings (SSSR count). The van der Waals surface area contributed by atoms with Gasteiger partial charge >= 0.3 is 0 Å². The molecule has 0 aliphatic carbocycles. The first-order chi connectivity index (χ1) is 16.0. The van der Waals surface area contributed by atoms with Crippen molar-refractivity contribution < 1.29 is 14.8 Å². The first-order valence-electron chi connectivity index (χ1n) is 12.4. The van der Waals surface area contributed by atoms with Crippen molar-refractivity contribution in [1.29, 1.82) is 0 Å². The standard InChI is InChI=1S/C25H45N5O3/c1-30(2)23-14-12-22(13-15-23)16-21-27-18-8-7-17-26-19-9-20-28-24(31)10-5-3-4-6-11-25(32)29-33/h12-15,26-27,33H,3-11,16-21H2,1-2H3,(H,28,31)(H,29,32). The number of anilines is 1. The van der Waals surface area contributed by atoms with Crippen molar-refractivity contribution in [2.45, 2.75) is 64.2 Å². The maximum atomic E-state index is 11.8. The molecule has 0 saturated heterocycles. The number of unbranched alkanes of at least 4 members (excludes halogenated alkanes) is 4. The molecule has 0 fully saturated rings. The highest BCUT2D eigenvalue weighted by Crippen LogP contribution is 2.12. The predicted molar refractivity (Wildman–Crippen MR) is 135 cm³/mol. The van der Waals surface area contributed by atoms with Crippen LogP contribution in [0.3, 0.4) is 0 Å². The number of benzene rings is 1. The summed E-state index contributed by atoms with van der Waals surface area (Å²) in [4.78, 5) is 24.8. The quantitative estimate of drug-likeness (QED) is 0.116. The van der Waals surface area contributed by atoms with Gasteiger partial charge < -0.3 is 20.9 Å². The van der Waals surface area contributed by atoms with Crippen LogP contribution in [0, 0.1) is 0 Å². The maximum Gasteiger partial charge on any atom is 0.243 e. The van der Waals surface area contributed by atoms with Crippen molar-refractivity contribution in [2.75, 3.05) is 51.7 Å². The molecule has 2 amide bonds. The number of amides is 2. The van der Waals surface area contributed by atoms with Crippen LogP contribution in [0.1, 0.15) is 63.4 Å². The lowest BCUT2D eigenvalue weighted by atomic mass is 10.1. The van der Waals surface area contributed by atoms with Gasteiger partial charge in [-0.15, -0.1) is 0 Å². The van der Waals surface area contributed by atoms with Crippen molar-refractivity contribution in [3.8, 4) is 0 Å². The summed E-state index contributed by atoms with van der Waals surface area (Å²) in [5.74, 6) is -0.251. The van der Waals surface area contributed by atoms with E-state index in [0.29, 0.717) is 19.4 Å². The molecule has 0 aliphatic heterocycles. The van der Waals surface area contributed by atoms with Gasteiger partial charge in [-0.05, 0) is 82.4 Å². The molecule has 0 atom stereocenters. The molecule has 8 heteroatoms. The normalized spacial score (nSPS) is 10.8. The number of hydrogen-bond acceptors (Lipinski definition) is 6. The Bertz CT molecular complexity index is 637. The van der Waals surface area contributed by atoms with Gasteiger partial charge in [0.1, 0.15) is 0 Å². The Labute approximate surface area is 199 Å². The van der Waals surface area contributed by atoms with Crippen LogP contribution < -0.4 is 26.3 Å². The minimum atomic E-state index is -0.351. The molecule has 188 valence electrons. The average molecular weight is 464 g/mol. The van der Waals surface area contributed by atoms with Crippen molar-refractivity contribution in [3.05, 3.63) is 29.8 Å². The molecule has 0 unspecified atom stereocenters. The lowest BCUT2D eigenvalue weighted by Crippen LogP contribution is -2.27. The molecule has 0 radical (unpaired) electrons. The Morgan fingerprint density at radius 2 is 1.30 bits per heavy atom. The molecule has 8 nitrogen and oxygen atoms in total. The van der Waals surface area contributed by atoms with E-state index in [9.17, 15) is 9.59 Å². The van der Waals surface area contributed by atoms with Gasteiger partial charge in [-0.1, -0.05) is 25.0 Å². The summed E-state index contributed by atoms with van der Waals surface area (Å²) >= 11 is 0. The topological polar surface area (TPSA) is 106 Å². The molecular formula is C25H45N5O3. The first kappa shape index (κ1) is 28.9. The van der Waals surface area contributed by atoms with E-state index in [1.165, 1.54) is 11.3 Å². The van der Waals surface area contributed by atoms with Crippen LogP contribution in [-0.4, -0.2) is 63.8 Å². The van der Waals surface area contributed by atoms with E-state index in [4.69, 9.17) is 5.21 Å². The molecular weight excluding hydrogens is 418 g/mol. The molecule has 1 aromatic rings. The summed E-state index contributed by atoms with van der Waals surface area (Å²) < 4.78 is 0. The van der Waals surface area contributed by atoms with Gasteiger partial charge in [-0.2, -0.15) is 0 Å². The van der Waals surface area contributed by atoms with Gasteiger partial charge in [-0.3, -0.25) is 14.8 Å². The lowest BCUT2D eigenvalue weighted by molar-refractivity contribution is -0.129. The summed E-state index contributed by atoms with van der Waals surface area (Å²) in [6.07, 6.45) is 8.56. The highest BCUT2D eigenvalue weighted by molar-refractivity contribution is 5.75. The fourth-order valence-electron chi connectivity index (χ4n) is 3.45. The van der Waals surface area contributed by atoms with Gasteiger partial charge in [0.25, 0.3) is 0 Å². The highest BCUT2D eigenvalue weighted by atomic mass is 16.5. The highest BCUT2D eigenvalue weighted by Gasteiger charge is 2.02. The van der Waals surface area contributed by atoms with E-state index in [1.54, 1.807) is 5.48 Å². The number of carbonyl (C=O) groups is 2. The minimum absolute atomic E-state index is 0.0998. The van der Waals surface area contributed by atoms with Gasteiger partial charge in [0.15, 0.2) is 0 Å². The zero-order valence-electron chi connectivity index (χ0n) is 20.6. The fraction of sp³-hybridized carbons (Fsp3) is 0.680. The number of hydroxylamine groups is 1. The van der Waals surface area contributed by atoms with Gasteiger partial charge in [0.05, 0.1) is 0 Å². The Morgan fingerprint density at radius 3 is 1.91 bits per heavy atom. The molecule has 0 heterocycles. The zero-order valence-corrected chi connectivity index (χ0v) is 20.6. The SMILES string of the molecule is CN(C)c1ccc(CCNCCCCNCCCNC(=O)CCCCCCC(=O)NO)cc1. The van der Waals surface area contributed by atoms with Crippen molar-refractivity contribution >= 4 is 17.5 Å². The number of carbonyl (C=O) groups excluding carboxylic acids is 2. The number of nitrogens with one attached hydrogen (secondary N) is 4. The van der Waals surface area contributed by atoms with Gasteiger partial charge in [-0.25, -0.2) is 5.48 Å². The Balaban J connectivity index is 1.82. The smallest absolute Gasteiger partial charge is 0.243 e. The van der Waals surface area contributed by atoms with Crippen LogP contribution in [0.25, 0.3) is 0 Å². The number of rotatable bonds is 20. The summed E-state index contributed by atoms with van der Waals surface area (Å²) in [5.41, 5.74) is 4.23. The maximum absolute atomic E-state index is 11.8.